The van der Waals surface area contributed by atoms with Gasteiger partial charge in [0, 0.05) is 12.6 Å². The van der Waals surface area contributed by atoms with Crippen molar-refractivity contribution in [3.05, 3.63) is 0 Å². The van der Waals surface area contributed by atoms with E-state index < -0.39 is 6.10 Å². The van der Waals surface area contributed by atoms with Gasteiger partial charge in [0.25, 0.3) is 0 Å². The molecule has 0 aliphatic carbocycles. The second-order valence-electron chi connectivity index (χ2n) is 2.61. The van der Waals surface area contributed by atoms with Gasteiger partial charge in [0.2, 0.25) is 0 Å². The van der Waals surface area contributed by atoms with Crippen molar-refractivity contribution >= 4 is 0 Å². The van der Waals surface area contributed by atoms with E-state index in [0.717, 1.165) is 19.3 Å². The summed E-state index contributed by atoms with van der Waals surface area (Å²) in [5, 5.41) is 9.10. The standard InChI is InChI=1S/C7H18N2O/c1-2-3-4-6(9)7(10)5-8/h6-7,10H,2-5,8-9H2,1H3. The zero-order valence-corrected chi connectivity index (χ0v) is 6.59. The van der Waals surface area contributed by atoms with Crippen molar-refractivity contribution in [2.45, 2.75) is 38.3 Å². The summed E-state index contributed by atoms with van der Waals surface area (Å²) in [4.78, 5) is 0. The number of hydrogen-bond donors (Lipinski definition) is 3. The molecule has 0 heterocycles. The zero-order valence-electron chi connectivity index (χ0n) is 6.59. The monoisotopic (exact) mass is 146 g/mol. The molecule has 3 heteroatoms. The Morgan fingerprint density at radius 2 is 2.10 bits per heavy atom. The third kappa shape index (κ3) is 3.82. The third-order valence-electron chi connectivity index (χ3n) is 1.63. The van der Waals surface area contributed by atoms with Crippen molar-refractivity contribution in [1.29, 1.82) is 0 Å². The summed E-state index contributed by atoms with van der Waals surface area (Å²) in [6, 6.07) is -0.134. The van der Waals surface area contributed by atoms with Gasteiger partial charge in [-0.15, -0.1) is 0 Å². The lowest BCUT2D eigenvalue weighted by Gasteiger charge is -2.15. The lowest BCUT2D eigenvalue weighted by molar-refractivity contribution is 0.147. The normalized spacial score (nSPS) is 16.8. The lowest BCUT2D eigenvalue weighted by atomic mass is 10.1. The van der Waals surface area contributed by atoms with E-state index in [1.165, 1.54) is 0 Å². The van der Waals surface area contributed by atoms with E-state index in [1.807, 2.05) is 0 Å². The van der Waals surface area contributed by atoms with E-state index in [0.29, 0.717) is 0 Å². The molecular formula is C7H18N2O. The number of hydrogen-bond acceptors (Lipinski definition) is 3. The summed E-state index contributed by atoms with van der Waals surface area (Å²) in [5.74, 6) is 0. The number of aliphatic hydroxyl groups is 1. The average Bonchev–Trinajstić information content (AvgIpc) is 1.98. The van der Waals surface area contributed by atoms with Crippen LogP contribution in [0.3, 0.4) is 0 Å². The maximum Gasteiger partial charge on any atom is 0.0813 e. The van der Waals surface area contributed by atoms with Gasteiger partial charge in [-0.25, -0.2) is 0 Å². The molecule has 0 aromatic rings. The predicted octanol–water partition coefficient (Wildman–Crippen LogP) is -0.176. The van der Waals surface area contributed by atoms with Crippen molar-refractivity contribution in [3.8, 4) is 0 Å². The van der Waals surface area contributed by atoms with Gasteiger partial charge < -0.3 is 16.6 Å². The number of rotatable bonds is 5. The Bertz CT molecular complexity index is 78.0. The Hall–Kier alpha value is -0.120. The molecule has 0 amide bonds. The van der Waals surface area contributed by atoms with Gasteiger partial charge in [-0.05, 0) is 6.42 Å². The second-order valence-corrected chi connectivity index (χ2v) is 2.61. The van der Waals surface area contributed by atoms with Gasteiger partial charge >= 0.3 is 0 Å². The number of unbranched alkanes of at least 4 members (excludes halogenated alkanes) is 1. The first-order valence-corrected chi connectivity index (χ1v) is 3.86. The Morgan fingerprint density at radius 3 is 2.50 bits per heavy atom. The van der Waals surface area contributed by atoms with Crippen molar-refractivity contribution in [3.63, 3.8) is 0 Å². The molecule has 3 nitrogen and oxygen atoms in total. The summed E-state index contributed by atoms with van der Waals surface area (Å²) in [6.07, 6.45) is 2.53. The van der Waals surface area contributed by atoms with Gasteiger partial charge in [-0.1, -0.05) is 19.8 Å². The molecule has 0 spiro atoms. The quantitative estimate of drug-likeness (QED) is 0.504. The Balaban J connectivity index is 3.31. The lowest BCUT2D eigenvalue weighted by Crippen LogP contribution is -2.39. The highest BCUT2D eigenvalue weighted by molar-refractivity contribution is 4.71. The zero-order chi connectivity index (χ0) is 7.98. The van der Waals surface area contributed by atoms with Crippen LogP contribution in [0, 0.1) is 0 Å². The van der Waals surface area contributed by atoms with Crippen LogP contribution in [0.25, 0.3) is 0 Å². The molecule has 0 saturated carbocycles. The first kappa shape index (κ1) is 9.88. The molecule has 2 unspecified atom stereocenters. The average molecular weight is 146 g/mol. The van der Waals surface area contributed by atoms with Crippen molar-refractivity contribution < 1.29 is 5.11 Å². The smallest absolute Gasteiger partial charge is 0.0813 e. The summed E-state index contributed by atoms with van der Waals surface area (Å²) >= 11 is 0. The highest BCUT2D eigenvalue weighted by atomic mass is 16.3. The molecule has 0 aromatic carbocycles. The summed E-state index contributed by atoms with van der Waals surface area (Å²) in [5.41, 5.74) is 10.8. The molecule has 0 rings (SSSR count). The minimum absolute atomic E-state index is 0.134. The molecule has 0 bridgehead atoms. The van der Waals surface area contributed by atoms with Gasteiger partial charge in [-0.2, -0.15) is 0 Å². The van der Waals surface area contributed by atoms with Crippen molar-refractivity contribution in [1.82, 2.24) is 0 Å². The number of nitrogens with two attached hydrogens (primary N) is 2. The van der Waals surface area contributed by atoms with Crippen LogP contribution < -0.4 is 11.5 Å². The third-order valence-corrected chi connectivity index (χ3v) is 1.63. The Kier molecular flexibility index (Phi) is 5.58. The van der Waals surface area contributed by atoms with E-state index in [9.17, 15) is 0 Å². The summed E-state index contributed by atoms with van der Waals surface area (Å²) < 4.78 is 0. The number of aliphatic hydroxyl groups excluding tert-OH is 1. The topological polar surface area (TPSA) is 72.3 Å². The van der Waals surface area contributed by atoms with E-state index in [-0.39, 0.29) is 12.6 Å². The first-order valence-electron chi connectivity index (χ1n) is 3.86. The summed E-state index contributed by atoms with van der Waals surface area (Å²) in [7, 11) is 0. The summed E-state index contributed by atoms with van der Waals surface area (Å²) in [6.45, 7) is 2.37. The van der Waals surface area contributed by atoms with E-state index in [4.69, 9.17) is 16.6 Å². The van der Waals surface area contributed by atoms with Gasteiger partial charge in [0.05, 0.1) is 6.10 Å². The Labute approximate surface area is 62.4 Å². The van der Waals surface area contributed by atoms with Gasteiger partial charge in [-0.3, -0.25) is 0 Å². The van der Waals surface area contributed by atoms with E-state index >= 15 is 0 Å². The minimum Gasteiger partial charge on any atom is -0.390 e. The van der Waals surface area contributed by atoms with Crippen LogP contribution in [-0.2, 0) is 0 Å². The molecule has 10 heavy (non-hydrogen) atoms. The maximum absolute atomic E-state index is 9.10. The fourth-order valence-corrected chi connectivity index (χ4v) is 0.807. The molecule has 0 saturated heterocycles. The fraction of sp³-hybridized carbons (Fsp3) is 1.00. The van der Waals surface area contributed by atoms with Crippen LogP contribution >= 0.6 is 0 Å². The highest BCUT2D eigenvalue weighted by Crippen LogP contribution is 2.00. The fourth-order valence-electron chi connectivity index (χ4n) is 0.807. The molecule has 0 fully saturated rings. The SMILES string of the molecule is CCCCC(N)C(O)CN. The Morgan fingerprint density at radius 1 is 1.50 bits per heavy atom. The molecule has 0 aromatic heterocycles. The van der Waals surface area contributed by atoms with E-state index in [1.54, 1.807) is 0 Å². The van der Waals surface area contributed by atoms with Crippen LogP contribution in [-0.4, -0.2) is 23.8 Å². The van der Waals surface area contributed by atoms with Crippen LogP contribution in [0.4, 0.5) is 0 Å². The van der Waals surface area contributed by atoms with Gasteiger partial charge in [0.15, 0.2) is 0 Å². The van der Waals surface area contributed by atoms with E-state index in [2.05, 4.69) is 6.92 Å². The van der Waals surface area contributed by atoms with Crippen molar-refractivity contribution in [2.75, 3.05) is 6.54 Å². The van der Waals surface area contributed by atoms with Gasteiger partial charge in [0.1, 0.15) is 0 Å². The van der Waals surface area contributed by atoms with Crippen LogP contribution in [0.15, 0.2) is 0 Å². The first-order chi connectivity index (χ1) is 4.72. The minimum atomic E-state index is -0.522. The molecule has 0 radical (unpaired) electrons. The molecular weight excluding hydrogens is 128 g/mol. The van der Waals surface area contributed by atoms with Crippen LogP contribution in [0.5, 0.6) is 0 Å². The van der Waals surface area contributed by atoms with Crippen molar-refractivity contribution in [2.24, 2.45) is 11.5 Å². The largest absolute Gasteiger partial charge is 0.390 e. The van der Waals surface area contributed by atoms with Crippen LogP contribution in [0.1, 0.15) is 26.2 Å². The maximum atomic E-state index is 9.10. The molecule has 2 atom stereocenters. The highest BCUT2D eigenvalue weighted by Gasteiger charge is 2.10. The molecule has 0 aliphatic heterocycles. The molecule has 62 valence electrons. The molecule has 0 aliphatic rings. The molecule has 5 N–H and O–H groups in total. The predicted molar refractivity (Wildman–Crippen MR) is 42.6 cm³/mol. The van der Waals surface area contributed by atoms with Crippen LogP contribution in [0.2, 0.25) is 0 Å². The second kappa shape index (κ2) is 5.65.